The van der Waals surface area contributed by atoms with Crippen molar-refractivity contribution in [2.45, 2.75) is 25.7 Å². The maximum atomic E-state index is 12.4. The van der Waals surface area contributed by atoms with E-state index in [0.717, 1.165) is 31.4 Å². The van der Waals surface area contributed by atoms with Gasteiger partial charge in [-0.2, -0.15) is 0 Å². The third-order valence-corrected chi connectivity index (χ3v) is 6.15. The highest BCUT2D eigenvalue weighted by atomic mass is 16.2. The summed E-state index contributed by atoms with van der Waals surface area (Å²) in [5.74, 6) is 2.99. The second kappa shape index (κ2) is 8.11. The molecule has 2 aliphatic carbocycles. The number of piperazine rings is 1. The number of hydrogen-bond acceptors (Lipinski definition) is 4. The molecule has 0 aromatic carbocycles. The van der Waals surface area contributed by atoms with Gasteiger partial charge in [-0.05, 0) is 42.7 Å². The second-order valence-corrected chi connectivity index (χ2v) is 7.90. The van der Waals surface area contributed by atoms with Crippen LogP contribution in [-0.2, 0) is 9.59 Å². The van der Waals surface area contributed by atoms with E-state index < -0.39 is 0 Å². The zero-order valence-corrected chi connectivity index (χ0v) is 15.7. The van der Waals surface area contributed by atoms with Crippen molar-refractivity contribution in [2.24, 2.45) is 17.8 Å². The Morgan fingerprint density at radius 2 is 1.93 bits per heavy atom. The first-order valence-corrected chi connectivity index (χ1v) is 10.1. The molecule has 0 radical (unpaired) electrons. The van der Waals surface area contributed by atoms with Crippen molar-refractivity contribution in [1.82, 2.24) is 15.2 Å². The zero-order valence-electron chi connectivity index (χ0n) is 15.7. The van der Waals surface area contributed by atoms with Crippen molar-refractivity contribution in [3.8, 4) is 0 Å². The first-order chi connectivity index (χ1) is 13.2. The number of carbonyl (C=O) groups is 2. The summed E-state index contributed by atoms with van der Waals surface area (Å²) in [5, 5.41) is 3.04. The van der Waals surface area contributed by atoms with Crippen LogP contribution in [0.3, 0.4) is 0 Å². The fourth-order valence-corrected chi connectivity index (χ4v) is 4.57. The van der Waals surface area contributed by atoms with Gasteiger partial charge in [0.05, 0.1) is 0 Å². The minimum absolute atomic E-state index is 0.00206. The van der Waals surface area contributed by atoms with Crippen LogP contribution in [0.15, 0.2) is 36.5 Å². The van der Waals surface area contributed by atoms with Gasteiger partial charge < -0.3 is 15.1 Å². The first kappa shape index (κ1) is 18.0. The predicted molar refractivity (Wildman–Crippen MR) is 104 cm³/mol. The van der Waals surface area contributed by atoms with Crippen LogP contribution in [0.1, 0.15) is 25.7 Å². The molecule has 2 fully saturated rings. The van der Waals surface area contributed by atoms with Crippen LogP contribution in [0.4, 0.5) is 5.82 Å². The van der Waals surface area contributed by atoms with Crippen LogP contribution in [-0.4, -0.2) is 54.4 Å². The normalized spacial score (nSPS) is 26.4. The van der Waals surface area contributed by atoms with Gasteiger partial charge in [-0.15, -0.1) is 0 Å². The fourth-order valence-electron chi connectivity index (χ4n) is 4.57. The summed E-state index contributed by atoms with van der Waals surface area (Å²) in [6.07, 6.45) is 9.44. The Kier molecular flexibility index (Phi) is 5.41. The highest BCUT2D eigenvalue weighted by Crippen LogP contribution is 2.42. The van der Waals surface area contributed by atoms with E-state index in [9.17, 15) is 9.59 Å². The Morgan fingerprint density at radius 1 is 1.07 bits per heavy atom. The van der Waals surface area contributed by atoms with Gasteiger partial charge in [0.1, 0.15) is 5.82 Å². The molecule has 3 atom stereocenters. The third kappa shape index (κ3) is 4.31. The van der Waals surface area contributed by atoms with Gasteiger partial charge in [-0.25, -0.2) is 4.98 Å². The Balaban J connectivity index is 1.14. The number of allylic oxidation sites excluding steroid dienone is 2. The van der Waals surface area contributed by atoms with Crippen LogP contribution in [0, 0.1) is 17.8 Å². The molecule has 1 aromatic heterocycles. The molecule has 3 unspecified atom stereocenters. The summed E-state index contributed by atoms with van der Waals surface area (Å²) >= 11 is 0. The number of nitrogens with zero attached hydrogens (tertiary/aromatic N) is 3. The van der Waals surface area contributed by atoms with E-state index in [2.05, 4.69) is 27.4 Å². The summed E-state index contributed by atoms with van der Waals surface area (Å²) in [6, 6.07) is 5.88. The average Bonchev–Trinajstić information content (AvgIpc) is 3.34. The van der Waals surface area contributed by atoms with Crippen LogP contribution in [0.2, 0.25) is 0 Å². The lowest BCUT2D eigenvalue weighted by atomic mass is 9.93. The van der Waals surface area contributed by atoms with E-state index in [4.69, 9.17) is 0 Å². The molecule has 6 nitrogen and oxygen atoms in total. The maximum absolute atomic E-state index is 12.4. The van der Waals surface area contributed by atoms with Gasteiger partial charge in [0.25, 0.3) is 0 Å². The Bertz CT molecular complexity index is 697. The van der Waals surface area contributed by atoms with Crippen molar-refractivity contribution in [1.29, 1.82) is 0 Å². The molecular formula is C21H28N4O2. The van der Waals surface area contributed by atoms with E-state index in [0.29, 0.717) is 31.3 Å². The van der Waals surface area contributed by atoms with Gasteiger partial charge in [-0.3, -0.25) is 9.59 Å². The minimum Gasteiger partial charge on any atom is -0.356 e. The summed E-state index contributed by atoms with van der Waals surface area (Å²) in [7, 11) is 0. The number of pyridine rings is 1. The molecule has 2 heterocycles. The Morgan fingerprint density at radius 3 is 2.59 bits per heavy atom. The quantitative estimate of drug-likeness (QED) is 0.778. The summed E-state index contributed by atoms with van der Waals surface area (Å²) < 4.78 is 0. The number of nitrogens with one attached hydrogen (secondary N) is 1. The van der Waals surface area contributed by atoms with Crippen molar-refractivity contribution >= 4 is 17.6 Å². The molecule has 1 aliphatic heterocycles. The van der Waals surface area contributed by atoms with Crippen LogP contribution >= 0.6 is 0 Å². The lowest BCUT2D eigenvalue weighted by molar-refractivity contribution is -0.133. The molecule has 2 amide bonds. The monoisotopic (exact) mass is 368 g/mol. The van der Waals surface area contributed by atoms with Crippen molar-refractivity contribution < 1.29 is 9.59 Å². The maximum Gasteiger partial charge on any atom is 0.223 e. The summed E-state index contributed by atoms with van der Waals surface area (Å²) in [6.45, 7) is 3.70. The average molecular weight is 368 g/mol. The molecule has 27 heavy (non-hydrogen) atoms. The molecule has 1 N–H and O–H groups in total. The van der Waals surface area contributed by atoms with Crippen molar-refractivity contribution in [3.05, 3.63) is 36.5 Å². The lowest BCUT2D eigenvalue weighted by Crippen LogP contribution is -2.49. The van der Waals surface area contributed by atoms with Gasteiger partial charge in [0.2, 0.25) is 11.8 Å². The third-order valence-electron chi connectivity index (χ3n) is 6.15. The molecule has 144 valence electrons. The highest BCUT2D eigenvalue weighted by molar-refractivity contribution is 5.83. The van der Waals surface area contributed by atoms with Crippen LogP contribution < -0.4 is 10.2 Å². The number of fused-ring (bicyclic) bond motifs is 2. The van der Waals surface area contributed by atoms with Crippen LogP contribution in [0.5, 0.6) is 0 Å². The number of amides is 2. The van der Waals surface area contributed by atoms with Crippen LogP contribution in [0.25, 0.3) is 0 Å². The molecule has 6 heteroatoms. The van der Waals surface area contributed by atoms with E-state index in [1.165, 1.54) is 12.8 Å². The van der Waals surface area contributed by atoms with Gasteiger partial charge in [-0.1, -0.05) is 18.2 Å². The number of rotatable bonds is 6. The van der Waals surface area contributed by atoms with E-state index in [1.807, 2.05) is 23.1 Å². The number of carbonyl (C=O) groups excluding carboxylic acids is 2. The smallest absolute Gasteiger partial charge is 0.223 e. The van der Waals surface area contributed by atoms with Crippen molar-refractivity contribution in [3.63, 3.8) is 0 Å². The standard InChI is InChI=1S/C21H28N4O2/c26-20(23-15-18-14-16-4-5-17(18)13-16)6-7-21(27)25-11-9-24(10-12-25)19-3-1-2-8-22-19/h1-5,8,16-18H,6-7,9-15H2,(H,23,26). The van der Waals surface area contributed by atoms with E-state index in [1.54, 1.807) is 6.20 Å². The fraction of sp³-hybridized carbons (Fsp3) is 0.571. The molecule has 3 aliphatic rings. The predicted octanol–water partition coefficient (Wildman–Crippen LogP) is 1.84. The first-order valence-electron chi connectivity index (χ1n) is 10.1. The number of aromatic nitrogens is 1. The second-order valence-electron chi connectivity index (χ2n) is 7.90. The summed E-state index contributed by atoms with van der Waals surface area (Å²) in [4.78, 5) is 33.0. The molecule has 1 saturated carbocycles. The molecule has 0 spiro atoms. The van der Waals surface area contributed by atoms with Crippen molar-refractivity contribution in [2.75, 3.05) is 37.6 Å². The van der Waals surface area contributed by atoms with Gasteiger partial charge in [0, 0.05) is 51.8 Å². The largest absolute Gasteiger partial charge is 0.356 e. The van der Waals surface area contributed by atoms with E-state index in [-0.39, 0.29) is 18.2 Å². The summed E-state index contributed by atoms with van der Waals surface area (Å²) in [5.41, 5.74) is 0. The minimum atomic E-state index is 0.00206. The molecule has 1 aromatic rings. The molecule has 2 bridgehead atoms. The van der Waals surface area contributed by atoms with Gasteiger partial charge >= 0.3 is 0 Å². The van der Waals surface area contributed by atoms with Gasteiger partial charge in [0.15, 0.2) is 0 Å². The lowest BCUT2D eigenvalue weighted by Gasteiger charge is -2.35. The number of hydrogen-bond donors (Lipinski definition) is 1. The topological polar surface area (TPSA) is 65.5 Å². The Hall–Kier alpha value is -2.37. The Labute approximate surface area is 160 Å². The SMILES string of the molecule is O=C(CCC(=O)N1CCN(c2ccccn2)CC1)NCC1CC2C=CC1C2. The molecule has 4 rings (SSSR count). The zero-order chi connectivity index (χ0) is 18.6. The van der Waals surface area contributed by atoms with E-state index >= 15 is 0 Å². The molecule has 1 saturated heterocycles. The number of anilines is 1. The molecular weight excluding hydrogens is 340 g/mol. The highest BCUT2D eigenvalue weighted by Gasteiger charge is 2.35.